The Morgan fingerprint density at radius 2 is 1.67 bits per heavy atom. The maximum absolute atomic E-state index is 12.4. The summed E-state index contributed by atoms with van der Waals surface area (Å²) in [5.74, 6) is 0.493. The molecule has 1 aliphatic rings. The van der Waals surface area contributed by atoms with Crippen molar-refractivity contribution in [3.8, 4) is 5.75 Å². The topological polar surface area (TPSA) is 58.6 Å². The van der Waals surface area contributed by atoms with Gasteiger partial charge in [-0.3, -0.25) is 9.59 Å². The summed E-state index contributed by atoms with van der Waals surface area (Å²) in [7, 11) is 0. The van der Waals surface area contributed by atoms with Crippen LogP contribution in [0.2, 0.25) is 0 Å². The number of aryl methyl sites for hydroxylation is 1. The molecule has 2 aromatic rings. The van der Waals surface area contributed by atoms with Crippen LogP contribution in [-0.2, 0) is 11.2 Å². The van der Waals surface area contributed by atoms with Gasteiger partial charge in [0, 0.05) is 24.3 Å². The predicted molar refractivity (Wildman–Crippen MR) is 106 cm³/mol. The number of ether oxygens (including phenoxy) is 1. The second kappa shape index (κ2) is 8.71. The highest BCUT2D eigenvalue weighted by Crippen LogP contribution is 2.17. The van der Waals surface area contributed by atoms with Crippen LogP contribution in [-0.4, -0.2) is 35.9 Å². The van der Waals surface area contributed by atoms with Gasteiger partial charge < -0.3 is 15.0 Å². The van der Waals surface area contributed by atoms with Gasteiger partial charge in [0.05, 0.1) is 0 Å². The van der Waals surface area contributed by atoms with Crippen molar-refractivity contribution >= 4 is 17.5 Å². The maximum atomic E-state index is 12.4. The zero-order chi connectivity index (χ0) is 19.2. The van der Waals surface area contributed by atoms with Crippen LogP contribution in [0.25, 0.3) is 0 Å². The molecule has 5 nitrogen and oxygen atoms in total. The average Bonchev–Trinajstić information content (AvgIpc) is 3.23. The molecule has 2 aromatic carbocycles. The molecule has 0 aromatic heterocycles. The smallest absolute Gasteiger partial charge is 0.265 e. The van der Waals surface area contributed by atoms with E-state index in [1.807, 2.05) is 29.2 Å². The minimum atomic E-state index is -0.622. The largest absolute Gasteiger partial charge is 0.481 e. The first kappa shape index (κ1) is 19.0. The molecule has 0 radical (unpaired) electrons. The van der Waals surface area contributed by atoms with Crippen molar-refractivity contribution in [3.63, 3.8) is 0 Å². The van der Waals surface area contributed by atoms with E-state index >= 15 is 0 Å². The first-order valence-electron chi connectivity index (χ1n) is 9.52. The second-order valence-corrected chi connectivity index (χ2v) is 6.82. The molecule has 1 unspecified atom stereocenters. The van der Waals surface area contributed by atoms with E-state index in [1.165, 1.54) is 5.56 Å². The number of hydrogen-bond acceptors (Lipinski definition) is 3. The summed E-state index contributed by atoms with van der Waals surface area (Å²) in [6, 6.07) is 14.8. The van der Waals surface area contributed by atoms with Gasteiger partial charge in [-0.25, -0.2) is 0 Å². The van der Waals surface area contributed by atoms with Crippen molar-refractivity contribution in [2.24, 2.45) is 0 Å². The number of benzene rings is 2. The SMILES string of the molecule is CCc1ccc(OC(C)C(=O)Nc2ccc(C(=O)N3CCCC3)cc2)cc1. The zero-order valence-electron chi connectivity index (χ0n) is 15.9. The fourth-order valence-corrected chi connectivity index (χ4v) is 3.10. The van der Waals surface area contributed by atoms with E-state index in [4.69, 9.17) is 4.74 Å². The molecule has 27 heavy (non-hydrogen) atoms. The Morgan fingerprint density at radius 3 is 2.26 bits per heavy atom. The Hall–Kier alpha value is -2.82. The number of likely N-dealkylation sites (tertiary alicyclic amines) is 1. The molecule has 5 heteroatoms. The number of hydrogen-bond donors (Lipinski definition) is 1. The van der Waals surface area contributed by atoms with E-state index in [9.17, 15) is 9.59 Å². The van der Waals surface area contributed by atoms with Crippen molar-refractivity contribution in [2.75, 3.05) is 18.4 Å². The summed E-state index contributed by atoms with van der Waals surface area (Å²) >= 11 is 0. The molecule has 3 rings (SSSR count). The summed E-state index contributed by atoms with van der Waals surface area (Å²) < 4.78 is 5.70. The van der Waals surface area contributed by atoms with Gasteiger partial charge in [0.25, 0.3) is 11.8 Å². The summed E-state index contributed by atoms with van der Waals surface area (Å²) in [5, 5.41) is 2.83. The van der Waals surface area contributed by atoms with Crippen LogP contribution in [0.4, 0.5) is 5.69 Å². The number of nitrogens with zero attached hydrogens (tertiary/aromatic N) is 1. The van der Waals surface area contributed by atoms with Gasteiger partial charge >= 0.3 is 0 Å². The minimum absolute atomic E-state index is 0.0533. The van der Waals surface area contributed by atoms with Crippen LogP contribution < -0.4 is 10.1 Å². The van der Waals surface area contributed by atoms with Gasteiger partial charge in [0.15, 0.2) is 6.10 Å². The number of carbonyl (C=O) groups is 2. The van der Waals surface area contributed by atoms with Crippen LogP contribution >= 0.6 is 0 Å². The third kappa shape index (κ3) is 4.88. The van der Waals surface area contributed by atoms with Crippen LogP contribution in [0.15, 0.2) is 48.5 Å². The molecular formula is C22H26N2O3. The minimum Gasteiger partial charge on any atom is -0.481 e. The monoisotopic (exact) mass is 366 g/mol. The Morgan fingerprint density at radius 1 is 1.04 bits per heavy atom. The molecule has 1 heterocycles. The standard InChI is InChI=1S/C22H26N2O3/c1-3-17-6-12-20(13-7-17)27-16(2)21(25)23-19-10-8-18(9-11-19)22(26)24-14-4-5-15-24/h6-13,16H,3-5,14-15H2,1-2H3,(H,23,25). The summed E-state index contributed by atoms with van der Waals surface area (Å²) in [6.07, 6.45) is 2.48. The Balaban J connectivity index is 1.55. The highest BCUT2D eigenvalue weighted by Gasteiger charge is 2.20. The molecule has 1 atom stereocenters. The van der Waals surface area contributed by atoms with Crippen molar-refractivity contribution in [3.05, 3.63) is 59.7 Å². The Labute approximate surface area is 160 Å². The fraction of sp³-hybridized carbons (Fsp3) is 0.364. The van der Waals surface area contributed by atoms with Gasteiger partial charge in [-0.2, -0.15) is 0 Å². The Bertz CT molecular complexity index is 778. The average molecular weight is 366 g/mol. The molecule has 2 amide bonds. The van der Waals surface area contributed by atoms with Gasteiger partial charge in [-0.15, -0.1) is 0 Å². The van der Waals surface area contributed by atoms with Gasteiger partial charge in [-0.1, -0.05) is 19.1 Å². The first-order chi connectivity index (χ1) is 13.1. The van der Waals surface area contributed by atoms with E-state index in [2.05, 4.69) is 12.2 Å². The normalized spacial score (nSPS) is 14.7. The lowest BCUT2D eigenvalue weighted by Crippen LogP contribution is -2.30. The fourth-order valence-electron chi connectivity index (χ4n) is 3.10. The van der Waals surface area contributed by atoms with E-state index in [-0.39, 0.29) is 11.8 Å². The van der Waals surface area contributed by atoms with E-state index in [0.717, 1.165) is 32.4 Å². The molecule has 1 fully saturated rings. The van der Waals surface area contributed by atoms with Crippen LogP contribution in [0.3, 0.4) is 0 Å². The lowest BCUT2D eigenvalue weighted by molar-refractivity contribution is -0.122. The first-order valence-corrected chi connectivity index (χ1v) is 9.52. The molecule has 1 aliphatic heterocycles. The number of rotatable bonds is 6. The summed E-state index contributed by atoms with van der Waals surface area (Å²) in [5.41, 5.74) is 2.52. The number of anilines is 1. The number of nitrogens with one attached hydrogen (secondary N) is 1. The van der Waals surface area contributed by atoms with Crippen molar-refractivity contribution in [2.45, 2.75) is 39.2 Å². The van der Waals surface area contributed by atoms with Crippen molar-refractivity contribution in [1.82, 2.24) is 4.90 Å². The van der Waals surface area contributed by atoms with E-state index < -0.39 is 6.10 Å². The third-order valence-corrected chi connectivity index (χ3v) is 4.81. The van der Waals surface area contributed by atoms with Gasteiger partial charge in [-0.05, 0) is 68.1 Å². The number of amides is 2. The van der Waals surface area contributed by atoms with Crippen LogP contribution in [0, 0.1) is 0 Å². The lowest BCUT2D eigenvalue weighted by Gasteiger charge is -2.16. The van der Waals surface area contributed by atoms with Crippen molar-refractivity contribution < 1.29 is 14.3 Å². The molecule has 1 saturated heterocycles. The number of carbonyl (C=O) groups excluding carboxylic acids is 2. The summed E-state index contributed by atoms with van der Waals surface area (Å²) in [4.78, 5) is 26.6. The molecular weight excluding hydrogens is 340 g/mol. The Kier molecular flexibility index (Phi) is 6.12. The van der Waals surface area contributed by atoms with E-state index in [1.54, 1.807) is 31.2 Å². The molecule has 142 valence electrons. The van der Waals surface area contributed by atoms with Gasteiger partial charge in [0.2, 0.25) is 0 Å². The third-order valence-electron chi connectivity index (χ3n) is 4.81. The van der Waals surface area contributed by atoms with Crippen molar-refractivity contribution in [1.29, 1.82) is 0 Å². The highest BCUT2D eigenvalue weighted by molar-refractivity contribution is 5.97. The predicted octanol–water partition coefficient (Wildman–Crippen LogP) is 3.89. The lowest BCUT2D eigenvalue weighted by atomic mass is 10.1. The molecule has 0 saturated carbocycles. The van der Waals surface area contributed by atoms with Crippen LogP contribution in [0.5, 0.6) is 5.75 Å². The van der Waals surface area contributed by atoms with E-state index in [0.29, 0.717) is 17.0 Å². The molecule has 0 bridgehead atoms. The van der Waals surface area contributed by atoms with Gasteiger partial charge in [0.1, 0.15) is 5.75 Å². The molecule has 0 aliphatic carbocycles. The maximum Gasteiger partial charge on any atom is 0.265 e. The zero-order valence-corrected chi connectivity index (χ0v) is 15.9. The van der Waals surface area contributed by atoms with Crippen LogP contribution in [0.1, 0.15) is 42.6 Å². The quantitative estimate of drug-likeness (QED) is 0.844. The summed E-state index contributed by atoms with van der Waals surface area (Å²) in [6.45, 7) is 5.46. The molecule has 1 N–H and O–H groups in total. The molecule has 0 spiro atoms. The second-order valence-electron chi connectivity index (χ2n) is 6.82. The highest BCUT2D eigenvalue weighted by atomic mass is 16.5.